The van der Waals surface area contributed by atoms with Gasteiger partial charge in [0.15, 0.2) is 0 Å². The van der Waals surface area contributed by atoms with Gasteiger partial charge in [0, 0.05) is 28.3 Å². The smallest absolute Gasteiger partial charge is 0.224 e. The van der Waals surface area contributed by atoms with Gasteiger partial charge in [-0.25, -0.2) is 4.98 Å². The van der Waals surface area contributed by atoms with Crippen molar-refractivity contribution in [1.29, 1.82) is 0 Å². The van der Waals surface area contributed by atoms with Crippen molar-refractivity contribution >= 4 is 33.2 Å². The Kier molecular flexibility index (Phi) is 5.73. The fraction of sp³-hybridized carbons (Fsp3) is 0.200. The van der Waals surface area contributed by atoms with Gasteiger partial charge in [-0.05, 0) is 62.6 Å². The normalized spacial score (nSPS) is 11.1. The highest BCUT2D eigenvalue weighted by atomic mass is 79.9. The van der Waals surface area contributed by atoms with Crippen LogP contribution in [-0.4, -0.2) is 15.3 Å². The molecule has 4 aromatic rings. The van der Waals surface area contributed by atoms with Gasteiger partial charge in [0.25, 0.3) is 0 Å². The molecule has 4 nitrogen and oxygen atoms in total. The van der Waals surface area contributed by atoms with E-state index in [9.17, 15) is 4.79 Å². The minimum Gasteiger partial charge on any atom is -0.326 e. The van der Waals surface area contributed by atoms with Gasteiger partial charge in [-0.3, -0.25) is 4.79 Å². The number of aromatic nitrogens is 2. The summed E-state index contributed by atoms with van der Waals surface area (Å²) in [5.74, 6) is 0.0118. The number of anilines is 1. The second-order valence-corrected chi connectivity index (χ2v) is 8.58. The molecular formula is C25H24BrN3O. The number of amides is 1. The number of halogens is 1. The van der Waals surface area contributed by atoms with Crippen LogP contribution in [0.2, 0.25) is 0 Å². The molecule has 0 bridgehead atoms. The molecule has 2 aromatic heterocycles. The Balaban J connectivity index is 1.60. The van der Waals surface area contributed by atoms with E-state index >= 15 is 0 Å². The Morgan fingerprint density at radius 2 is 1.73 bits per heavy atom. The van der Waals surface area contributed by atoms with Gasteiger partial charge < -0.3 is 9.72 Å². The summed E-state index contributed by atoms with van der Waals surface area (Å²) < 4.78 is 3.10. The van der Waals surface area contributed by atoms with E-state index in [2.05, 4.69) is 56.8 Å². The van der Waals surface area contributed by atoms with E-state index in [1.165, 1.54) is 5.56 Å². The average molecular weight is 462 g/mol. The molecule has 0 fully saturated rings. The molecule has 2 heterocycles. The van der Waals surface area contributed by atoms with Crippen molar-refractivity contribution in [3.05, 3.63) is 87.7 Å². The van der Waals surface area contributed by atoms with Crippen LogP contribution in [0.15, 0.2) is 65.3 Å². The summed E-state index contributed by atoms with van der Waals surface area (Å²) in [6.07, 6.45) is 3.00. The van der Waals surface area contributed by atoms with Crippen LogP contribution >= 0.6 is 15.9 Å². The molecule has 0 aliphatic rings. The largest absolute Gasteiger partial charge is 0.326 e. The molecule has 0 saturated heterocycles. The predicted octanol–water partition coefficient (Wildman–Crippen LogP) is 6.26. The predicted molar refractivity (Wildman–Crippen MR) is 126 cm³/mol. The van der Waals surface area contributed by atoms with Gasteiger partial charge in [0.1, 0.15) is 5.65 Å². The van der Waals surface area contributed by atoms with Crippen molar-refractivity contribution < 1.29 is 4.79 Å². The van der Waals surface area contributed by atoms with E-state index in [1.54, 1.807) is 0 Å². The molecule has 0 saturated carbocycles. The third-order valence-corrected chi connectivity index (χ3v) is 5.81. The Morgan fingerprint density at radius 3 is 2.43 bits per heavy atom. The molecule has 152 valence electrons. The fourth-order valence-electron chi connectivity index (χ4n) is 3.94. The first-order valence-electron chi connectivity index (χ1n) is 10.0. The van der Waals surface area contributed by atoms with Crippen LogP contribution in [0.3, 0.4) is 0 Å². The monoisotopic (exact) mass is 461 g/mol. The summed E-state index contributed by atoms with van der Waals surface area (Å²) in [7, 11) is 0. The van der Waals surface area contributed by atoms with Gasteiger partial charge in [-0.1, -0.05) is 51.8 Å². The third-order valence-electron chi connectivity index (χ3n) is 5.28. The van der Waals surface area contributed by atoms with Crippen LogP contribution in [-0.2, 0) is 11.2 Å². The number of hydrogen-bond acceptors (Lipinski definition) is 2. The first-order valence-corrected chi connectivity index (χ1v) is 10.8. The molecule has 0 spiro atoms. The minimum absolute atomic E-state index is 0.0118. The van der Waals surface area contributed by atoms with Crippen LogP contribution < -0.4 is 5.32 Å². The number of hydrogen-bond donors (Lipinski definition) is 1. The van der Waals surface area contributed by atoms with E-state index in [0.717, 1.165) is 43.9 Å². The summed E-state index contributed by atoms with van der Waals surface area (Å²) in [4.78, 5) is 17.6. The molecule has 0 aliphatic carbocycles. The zero-order valence-corrected chi connectivity index (χ0v) is 19.0. The van der Waals surface area contributed by atoms with Crippen molar-refractivity contribution in [3.8, 4) is 11.3 Å². The van der Waals surface area contributed by atoms with Crippen LogP contribution in [0.4, 0.5) is 5.69 Å². The van der Waals surface area contributed by atoms with Crippen LogP contribution in [0, 0.1) is 20.8 Å². The van der Waals surface area contributed by atoms with E-state index in [-0.39, 0.29) is 5.91 Å². The zero-order valence-electron chi connectivity index (χ0n) is 17.4. The van der Waals surface area contributed by atoms with Crippen LogP contribution in [0.5, 0.6) is 0 Å². The number of carbonyl (C=O) groups is 1. The molecule has 30 heavy (non-hydrogen) atoms. The molecule has 2 aromatic carbocycles. The number of rotatable bonds is 5. The maximum atomic E-state index is 12.8. The number of pyridine rings is 1. The van der Waals surface area contributed by atoms with Crippen LogP contribution in [0.1, 0.15) is 28.8 Å². The van der Waals surface area contributed by atoms with Gasteiger partial charge in [-0.15, -0.1) is 0 Å². The zero-order chi connectivity index (χ0) is 21.3. The molecule has 5 heteroatoms. The molecule has 0 atom stereocenters. The highest BCUT2D eigenvalue weighted by molar-refractivity contribution is 9.10. The molecule has 0 unspecified atom stereocenters. The van der Waals surface area contributed by atoms with E-state index in [0.29, 0.717) is 12.8 Å². The SMILES string of the molecule is Cc1cc(C)c(NC(=O)CCc2c(-c3ccc(Br)cc3)nc3ccccn23)c(C)c1. The number of nitrogens with zero attached hydrogens (tertiary/aromatic N) is 2. The second kappa shape index (κ2) is 8.44. The third kappa shape index (κ3) is 4.17. The van der Waals surface area contributed by atoms with Gasteiger partial charge in [-0.2, -0.15) is 0 Å². The lowest BCUT2D eigenvalue weighted by Gasteiger charge is -2.13. The summed E-state index contributed by atoms with van der Waals surface area (Å²) in [5, 5.41) is 3.11. The number of carbonyl (C=O) groups excluding carboxylic acids is 1. The maximum Gasteiger partial charge on any atom is 0.224 e. The lowest BCUT2D eigenvalue weighted by molar-refractivity contribution is -0.116. The number of aryl methyl sites for hydroxylation is 4. The van der Waals surface area contributed by atoms with E-state index in [4.69, 9.17) is 4.98 Å². The molecule has 0 radical (unpaired) electrons. The summed E-state index contributed by atoms with van der Waals surface area (Å²) in [5.41, 5.74) is 8.19. The summed E-state index contributed by atoms with van der Waals surface area (Å²) in [6, 6.07) is 18.3. The van der Waals surface area contributed by atoms with Crippen molar-refractivity contribution in [2.24, 2.45) is 0 Å². The molecule has 4 rings (SSSR count). The van der Waals surface area contributed by atoms with Crippen molar-refractivity contribution in [3.63, 3.8) is 0 Å². The summed E-state index contributed by atoms with van der Waals surface area (Å²) >= 11 is 3.49. The number of fused-ring (bicyclic) bond motifs is 1. The quantitative estimate of drug-likeness (QED) is 0.381. The minimum atomic E-state index is 0.0118. The Labute approximate surface area is 185 Å². The van der Waals surface area contributed by atoms with E-state index < -0.39 is 0 Å². The Morgan fingerprint density at radius 1 is 1.03 bits per heavy atom. The van der Waals surface area contributed by atoms with Crippen molar-refractivity contribution in [2.75, 3.05) is 5.32 Å². The van der Waals surface area contributed by atoms with Crippen molar-refractivity contribution in [2.45, 2.75) is 33.6 Å². The first-order chi connectivity index (χ1) is 14.4. The van der Waals surface area contributed by atoms with Crippen molar-refractivity contribution in [1.82, 2.24) is 9.38 Å². The van der Waals surface area contributed by atoms with Gasteiger partial charge >= 0.3 is 0 Å². The standard InChI is InChI=1S/C25H24BrN3O/c1-16-14-17(2)24(18(3)15-16)28-23(30)12-11-21-25(19-7-9-20(26)10-8-19)27-22-6-4-5-13-29(21)22/h4-10,13-15H,11-12H2,1-3H3,(H,28,30). The maximum absolute atomic E-state index is 12.8. The Hall–Kier alpha value is -2.92. The number of benzene rings is 2. The van der Waals surface area contributed by atoms with Gasteiger partial charge in [0.05, 0.1) is 11.4 Å². The fourth-order valence-corrected chi connectivity index (χ4v) is 4.20. The Bertz CT molecular complexity index is 1200. The molecule has 1 N–H and O–H groups in total. The van der Waals surface area contributed by atoms with Gasteiger partial charge in [0.2, 0.25) is 5.91 Å². The average Bonchev–Trinajstić information content (AvgIpc) is 3.08. The lowest BCUT2D eigenvalue weighted by Crippen LogP contribution is -2.15. The lowest BCUT2D eigenvalue weighted by atomic mass is 10.0. The topological polar surface area (TPSA) is 46.4 Å². The summed E-state index contributed by atoms with van der Waals surface area (Å²) in [6.45, 7) is 6.14. The molecular weight excluding hydrogens is 438 g/mol. The first kappa shape index (κ1) is 20.4. The van der Waals surface area contributed by atoms with Crippen LogP contribution in [0.25, 0.3) is 16.9 Å². The molecule has 1 amide bonds. The number of imidazole rings is 1. The second-order valence-electron chi connectivity index (χ2n) is 7.66. The highest BCUT2D eigenvalue weighted by Gasteiger charge is 2.16. The highest BCUT2D eigenvalue weighted by Crippen LogP contribution is 2.27. The van der Waals surface area contributed by atoms with E-state index in [1.807, 2.05) is 50.4 Å². The number of nitrogens with one attached hydrogen (secondary N) is 1. The molecule has 0 aliphatic heterocycles.